The van der Waals surface area contributed by atoms with Gasteiger partial charge in [-0.1, -0.05) is 13.8 Å². The number of ether oxygens (including phenoxy) is 1. The van der Waals surface area contributed by atoms with Crippen LogP contribution >= 0.6 is 0 Å². The van der Waals surface area contributed by atoms with Gasteiger partial charge in [-0.2, -0.15) is 0 Å². The van der Waals surface area contributed by atoms with Crippen LogP contribution in [0.4, 0.5) is 16.2 Å². The first-order valence-electron chi connectivity index (χ1n) is 9.15. The molecule has 0 spiro atoms. The predicted octanol–water partition coefficient (Wildman–Crippen LogP) is 2.68. The lowest BCUT2D eigenvalue weighted by Gasteiger charge is -2.32. The van der Waals surface area contributed by atoms with Gasteiger partial charge in [0.1, 0.15) is 5.75 Å². The summed E-state index contributed by atoms with van der Waals surface area (Å²) >= 11 is 0. The summed E-state index contributed by atoms with van der Waals surface area (Å²) in [5, 5.41) is 5.80. The number of anilines is 2. The van der Waals surface area contributed by atoms with Crippen molar-refractivity contribution in [3.63, 3.8) is 0 Å². The van der Waals surface area contributed by atoms with E-state index >= 15 is 0 Å². The number of nitrogens with zero attached hydrogens (tertiary/aromatic N) is 1. The van der Waals surface area contributed by atoms with E-state index in [1.54, 1.807) is 25.3 Å². The molecule has 7 heteroatoms. The van der Waals surface area contributed by atoms with Gasteiger partial charge in [-0.3, -0.25) is 4.79 Å². The standard InChI is InChI=1S/C19H30N4O3/c1-13(2)11-21-19(25)23-8-4-5-14(12-23)9-18(24)22-17-10-15(26-3)6-7-16(17)20/h6-7,10,13-14H,4-5,8-9,11-12,20H2,1-3H3,(H,21,25)(H,22,24). The molecule has 0 aliphatic carbocycles. The highest BCUT2D eigenvalue weighted by molar-refractivity contribution is 5.94. The molecular formula is C19H30N4O3. The average molecular weight is 362 g/mol. The largest absolute Gasteiger partial charge is 0.497 e. The number of hydrogen-bond acceptors (Lipinski definition) is 4. The van der Waals surface area contributed by atoms with Gasteiger partial charge in [0, 0.05) is 32.1 Å². The summed E-state index contributed by atoms with van der Waals surface area (Å²) in [5.41, 5.74) is 6.96. The van der Waals surface area contributed by atoms with Crippen molar-refractivity contribution in [2.75, 3.05) is 37.8 Å². The number of benzene rings is 1. The second-order valence-corrected chi connectivity index (χ2v) is 7.24. The lowest BCUT2D eigenvalue weighted by Crippen LogP contribution is -2.46. The molecule has 1 saturated heterocycles. The summed E-state index contributed by atoms with van der Waals surface area (Å²) < 4.78 is 5.16. The topological polar surface area (TPSA) is 96.7 Å². The first-order chi connectivity index (χ1) is 12.4. The molecule has 0 aromatic heterocycles. The highest BCUT2D eigenvalue weighted by Crippen LogP contribution is 2.26. The van der Waals surface area contributed by atoms with E-state index in [2.05, 4.69) is 24.5 Å². The minimum absolute atomic E-state index is 0.0409. The monoisotopic (exact) mass is 362 g/mol. The van der Waals surface area contributed by atoms with Crippen molar-refractivity contribution in [1.82, 2.24) is 10.2 Å². The van der Waals surface area contributed by atoms with Crippen molar-refractivity contribution < 1.29 is 14.3 Å². The predicted molar refractivity (Wildman–Crippen MR) is 103 cm³/mol. The molecule has 0 radical (unpaired) electrons. The molecule has 0 bridgehead atoms. The number of urea groups is 1. The Morgan fingerprint density at radius 3 is 2.85 bits per heavy atom. The zero-order valence-electron chi connectivity index (χ0n) is 15.9. The van der Waals surface area contributed by atoms with Crippen LogP contribution < -0.4 is 21.1 Å². The van der Waals surface area contributed by atoms with Gasteiger partial charge in [0.2, 0.25) is 5.91 Å². The van der Waals surface area contributed by atoms with Crippen LogP contribution in [0.25, 0.3) is 0 Å². The zero-order chi connectivity index (χ0) is 19.1. The molecule has 1 fully saturated rings. The Bertz CT molecular complexity index is 633. The molecule has 1 atom stereocenters. The van der Waals surface area contributed by atoms with Crippen LogP contribution in [-0.2, 0) is 4.79 Å². The number of hydrogen-bond donors (Lipinski definition) is 3. The van der Waals surface area contributed by atoms with Crippen LogP contribution in [0.5, 0.6) is 5.75 Å². The van der Waals surface area contributed by atoms with Gasteiger partial charge in [-0.25, -0.2) is 4.79 Å². The lowest BCUT2D eigenvalue weighted by molar-refractivity contribution is -0.117. The number of carbonyl (C=O) groups is 2. The Balaban J connectivity index is 1.87. The molecule has 1 unspecified atom stereocenters. The summed E-state index contributed by atoms with van der Waals surface area (Å²) in [7, 11) is 1.57. The number of methoxy groups -OCH3 is 1. The van der Waals surface area contributed by atoms with E-state index in [1.165, 1.54) is 0 Å². The minimum Gasteiger partial charge on any atom is -0.497 e. The second kappa shape index (κ2) is 9.31. The van der Waals surface area contributed by atoms with Crippen molar-refractivity contribution in [2.24, 2.45) is 11.8 Å². The van der Waals surface area contributed by atoms with Crippen molar-refractivity contribution >= 4 is 23.3 Å². The number of carbonyl (C=O) groups excluding carboxylic acids is 2. The molecule has 1 aliphatic rings. The minimum atomic E-state index is -0.0978. The number of rotatable bonds is 6. The number of nitrogens with one attached hydrogen (secondary N) is 2. The molecule has 7 nitrogen and oxygen atoms in total. The van der Waals surface area contributed by atoms with Crippen LogP contribution in [0, 0.1) is 11.8 Å². The smallest absolute Gasteiger partial charge is 0.317 e. The van der Waals surface area contributed by atoms with E-state index in [1.807, 2.05) is 4.90 Å². The molecule has 1 heterocycles. The Kier molecular flexibility index (Phi) is 7.12. The Labute approximate surface area is 155 Å². The van der Waals surface area contributed by atoms with Crippen LogP contribution in [-0.4, -0.2) is 43.6 Å². The number of nitrogen functional groups attached to an aromatic ring is 1. The molecule has 4 N–H and O–H groups in total. The van der Waals surface area contributed by atoms with E-state index in [0.29, 0.717) is 42.6 Å². The molecular weight excluding hydrogens is 332 g/mol. The Morgan fingerprint density at radius 2 is 2.15 bits per heavy atom. The van der Waals surface area contributed by atoms with E-state index in [9.17, 15) is 9.59 Å². The third-order valence-corrected chi connectivity index (χ3v) is 4.48. The van der Waals surface area contributed by atoms with Crippen LogP contribution in [0.15, 0.2) is 18.2 Å². The van der Waals surface area contributed by atoms with E-state index < -0.39 is 0 Å². The quantitative estimate of drug-likeness (QED) is 0.678. The zero-order valence-corrected chi connectivity index (χ0v) is 15.9. The highest BCUT2D eigenvalue weighted by Gasteiger charge is 2.25. The van der Waals surface area contributed by atoms with Crippen LogP contribution in [0.1, 0.15) is 33.1 Å². The number of piperidine rings is 1. The van der Waals surface area contributed by atoms with Gasteiger partial charge >= 0.3 is 6.03 Å². The SMILES string of the molecule is COc1ccc(N)c(NC(=O)CC2CCCN(C(=O)NCC(C)C)C2)c1. The molecule has 26 heavy (non-hydrogen) atoms. The summed E-state index contributed by atoms with van der Waals surface area (Å²) in [6.45, 7) is 6.13. The number of nitrogens with two attached hydrogens (primary N) is 1. The molecule has 3 amide bonds. The molecule has 2 rings (SSSR count). The summed E-state index contributed by atoms with van der Waals surface area (Å²) in [6, 6.07) is 5.12. The van der Waals surface area contributed by atoms with Gasteiger partial charge in [0.25, 0.3) is 0 Å². The Morgan fingerprint density at radius 1 is 1.38 bits per heavy atom. The van der Waals surface area contributed by atoms with Crippen molar-refractivity contribution in [3.05, 3.63) is 18.2 Å². The van der Waals surface area contributed by atoms with Gasteiger partial charge in [0.15, 0.2) is 0 Å². The van der Waals surface area contributed by atoms with Crippen molar-refractivity contribution in [1.29, 1.82) is 0 Å². The van der Waals surface area contributed by atoms with Crippen molar-refractivity contribution in [3.8, 4) is 5.75 Å². The summed E-state index contributed by atoms with van der Waals surface area (Å²) in [6.07, 6.45) is 2.22. The van der Waals surface area contributed by atoms with Crippen LogP contribution in [0.3, 0.4) is 0 Å². The highest BCUT2D eigenvalue weighted by atomic mass is 16.5. The molecule has 144 valence electrons. The maximum Gasteiger partial charge on any atom is 0.317 e. The average Bonchev–Trinajstić information content (AvgIpc) is 2.61. The van der Waals surface area contributed by atoms with Gasteiger partial charge in [-0.15, -0.1) is 0 Å². The summed E-state index contributed by atoms with van der Waals surface area (Å²) in [5.74, 6) is 1.11. The lowest BCUT2D eigenvalue weighted by atomic mass is 9.94. The fourth-order valence-corrected chi connectivity index (χ4v) is 3.05. The number of likely N-dealkylation sites (tertiary alicyclic amines) is 1. The van der Waals surface area contributed by atoms with Gasteiger partial charge < -0.3 is 26.0 Å². The third-order valence-electron chi connectivity index (χ3n) is 4.48. The van der Waals surface area contributed by atoms with Gasteiger partial charge in [-0.05, 0) is 36.8 Å². The van der Waals surface area contributed by atoms with E-state index in [4.69, 9.17) is 10.5 Å². The maximum atomic E-state index is 12.4. The summed E-state index contributed by atoms with van der Waals surface area (Å²) in [4.78, 5) is 26.4. The molecule has 1 aromatic rings. The van der Waals surface area contributed by atoms with E-state index in [0.717, 1.165) is 19.4 Å². The third kappa shape index (κ3) is 5.82. The fraction of sp³-hybridized carbons (Fsp3) is 0.579. The maximum absolute atomic E-state index is 12.4. The first-order valence-corrected chi connectivity index (χ1v) is 9.15. The van der Waals surface area contributed by atoms with Gasteiger partial charge in [0.05, 0.1) is 18.5 Å². The van der Waals surface area contributed by atoms with E-state index in [-0.39, 0.29) is 17.9 Å². The molecule has 1 aromatic carbocycles. The Hall–Kier alpha value is -2.44. The molecule has 1 aliphatic heterocycles. The fourth-order valence-electron chi connectivity index (χ4n) is 3.05. The normalized spacial score (nSPS) is 17.1. The van der Waals surface area contributed by atoms with Crippen LogP contribution in [0.2, 0.25) is 0 Å². The second-order valence-electron chi connectivity index (χ2n) is 7.24. The number of amides is 3. The molecule has 0 saturated carbocycles. The first kappa shape index (κ1) is 19.9. The van der Waals surface area contributed by atoms with Crippen molar-refractivity contribution in [2.45, 2.75) is 33.1 Å².